The van der Waals surface area contributed by atoms with Crippen LogP contribution in [0.4, 0.5) is 0 Å². The van der Waals surface area contributed by atoms with E-state index in [2.05, 4.69) is 23.3 Å². The van der Waals surface area contributed by atoms with E-state index in [-0.39, 0.29) is 5.75 Å². The lowest BCUT2D eigenvalue weighted by Crippen LogP contribution is -2.60. The van der Waals surface area contributed by atoms with Crippen LogP contribution in [0.1, 0.15) is 26.2 Å². The van der Waals surface area contributed by atoms with E-state index >= 15 is 0 Å². The molecule has 15 heteroatoms. The number of amides is 4. The normalized spacial score (nSPS) is 15.5. The molecule has 0 aliphatic carbocycles. The molecule has 10 N–H and O–H groups in total. The third-order valence-electron chi connectivity index (χ3n) is 3.90. The Balaban J connectivity index is 5.50. The van der Waals surface area contributed by atoms with Gasteiger partial charge < -0.3 is 42.7 Å². The third kappa shape index (κ3) is 10.6. The molecule has 0 radical (unpaired) electrons. The molecule has 0 rings (SSSR count). The number of nitrogens with one attached hydrogen (secondary N) is 3. The Kier molecular flexibility index (Phi) is 12.1. The molecule has 0 aliphatic rings. The largest absolute Gasteiger partial charge is 0.481 e. The fraction of sp³-hybridized carbons (Fsp3) is 0.625. The first-order valence-corrected chi connectivity index (χ1v) is 9.61. The van der Waals surface area contributed by atoms with Gasteiger partial charge in [0.15, 0.2) is 0 Å². The second-order valence-corrected chi connectivity index (χ2v) is 6.94. The lowest BCUT2D eigenvalue weighted by Gasteiger charge is -2.26. The number of carbonyl (C=O) groups is 6. The van der Waals surface area contributed by atoms with Crippen LogP contribution in [-0.4, -0.2) is 86.9 Å². The summed E-state index contributed by atoms with van der Waals surface area (Å²) in [6.07, 6.45) is -3.20. The zero-order valence-electron chi connectivity index (χ0n) is 16.6. The van der Waals surface area contributed by atoms with Gasteiger partial charge in [-0.1, -0.05) is 0 Å². The van der Waals surface area contributed by atoms with Crippen molar-refractivity contribution in [3.05, 3.63) is 0 Å². The second-order valence-electron chi connectivity index (χ2n) is 6.58. The third-order valence-corrected chi connectivity index (χ3v) is 4.29. The summed E-state index contributed by atoms with van der Waals surface area (Å²) in [6.45, 7) is 1.18. The van der Waals surface area contributed by atoms with Gasteiger partial charge in [0.25, 0.3) is 0 Å². The molecule has 5 atom stereocenters. The number of hydrogen-bond donors (Lipinski definition) is 9. The SMILES string of the molecule is CC(O)C(NC(=O)C(N)CS)C(=O)NC(CCC(=O)O)C(=O)NC(CC(N)=O)C(=O)O. The molecular formula is C16H27N5O9S. The first kappa shape index (κ1) is 28.1. The molecule has 4 amide bonds. The van der Waals surface area contributed by atoms with E-state index in [9.17, 15) is 33.9 Å². The summed E-state index contributed by atoms with van der Waals surface area (Å²) in [6, 6.07) is -5.92. The molecule has 176 valence electrons. The van der Waals surface area contributed by atoms with Gasteiger partial charge in [-0.05, 0) is 13.3 Å². The number of carboxylic acid groups (broad SMARTS) is 2. The maximum absolute atomic E-state index is 12.5. The average molecular weight is 465 g/mol. The summed E-state index contributed by atoms with van der Waals surface area (Å²) < 4.78 is 0. The van der Waals surface area contributed by atoms with E-state index in [0.717, 1.165) is 0 Å². The fourth-order valence-corrected chi connectivity index (χ4v) is 2.39. The van der Waals surface area contributed by atoms with Gasteiger partial charge in [0, 0.05) is 12.2 Å². The van der Waals surface area contributed by atoms with Crippen molar-refractivity contribution in [3.8, 4) is 0 Å². The summed E-state index contributed by atoms with van der Waals surface area (Å²) in [4.78, 5) is 69.9. The highest BCUT2D eigenvalue weighted by Gasteiger charge is 2.32. The van der Waals surface area contributed by atoms with Crippen molar-refractivity contribution in [1.82, 2.24) is 16.0 Å². The predicted octanol–water partition coefficient (Wildman–Crippen LogP) is -4.10. The topological polar surface area (TPSA) is 251 Å². The van der Waals surface area contributed by atoms with Gasteiger partial charge in [0.2, 0.25) is 23.6 Å². The lowest BCUT2D eigenvalue weighted by atomic mass is 10.1. The number of carboxylic acids is 2. The number of primary amides is 1. The van der Waals surface area contributed by atoms with Crippen LogP contribution in [0.3, 0.4) is 0 Å². The number of carbonyl (C=O) groups excluding carboxylic acids is 4. The molecule has 5 unspecified atom stereocenters. The van der Waals surface area contributed by atoms with Crippen molar-refractivity contribution in [1.29, 1.82) is 0 Å². The minimum absolute atomic E-state index is 0.0555. The summed E-state index contributed by atoms with van der Waals surface area (Å²) in [5.41, 5.74) is 10.4. The number of thiol groups is 1. The van der Waals surface area contributed by atoms with Gasteiger partial charge in [-0.15, -0.1) is 0 Å². The number of aliphatic hydroxyl groups is 1. The Morgan fingerprint density at radius 3 is 1.90 bits per heavy atom. The molecule has 0 saturated carbocycles. The van der Waals surface area contributed by atoms with Crippen LogP contribution >= 0.6 is 12.6 Å². The quantitative estimate of drug-likeness (QED) is 0.112. The summed E-state index contributed by atoms with van der Waals surface area (Å²) in [5, 5.41) is 34.1. The van der Waals surface area contributed by atoms with Crippen molar-refractivity contribution < 1.29 is 44.1 Å². The monoisotopic (exact) mass is 465 g/mol. The van der Waals surface area contributed by atoms with Crippen molar-refractivity contribution in [2.75, 3.05) is 5.75 Å². The van der Waals surface area contributed by atoms with Gasteiger partial charge in [-0.3, -0.25) is 24.0 Å². The van der Waals surface area contributed by atoms with Crippen LogP contribution in [0.25, 0.3) is 0 Å². The van der Waals surface area contributed by atoms with Crippen molar-refractivity contribution in [3.63, 3.8) is 0 Å². The Labute approximate surface area is 182 Å². The highest BCUT2D eigenvalue weighted by molar-refractivity contribution is 7.80. The minimum Gasteiger partial charge on any atom is -0.481 e. The summed E-state index contributed by atoms with van der Waals surface area (Å²) in [7, 11) is 0. The van der Waals surface area contributed by atoms with Crippen LogP contribution < -0.4 is 27.4 Å². The summed E-state index contributed by atoms with van der Waals surface area (Å²) in [5.74, 6) is -6.93. The highest BCUT2D eigenvalue weighted by Crippen LogP contribution is 2.04. The Morgan fingerprint density at radius 2 is 1.48 bits per heavy atom. The highest BCUT2D eigenvalue weighted by atomic mass is 32.1. The molecule has 0 saturated heterocycles. The van der Waals surface area contributed by atoms with Crippen molar-refractivity contribution >= 4 is 48.2 Å². The fourth-order valence-electron chi connectivity index (χ4n) is 2.22. The molecule has 0 bridgehead atoms. The maximum Gasteiger partial charge on any atom is 0.326 e. The van der Waals surface area contributed by atoms with Crippen molar-refractivity contribution in [2.24, 2.45) is 11.5 Å². The van der Waals surface area contributed by atoms with Gasteiger partial charge in [0.1, 0.15) is 18.1 Å². The molecule has 14 nitrogen and oxygen atoms in total. The number of aliphatic carboxylic acids is 2. The summed E-state index contributed by atoms with van der Waals surface area (Å²) >= 11 is 3.84. The van der Waals surface area contributed by atoms with E-state index in [0.29, 0.717) is 0 Å². The smallest absolute Gasteiger partial charge is 0.326 e. The standard InChI is InChI=1S/C16H27N5O9S/c1-6(22)12(21-13(26)7(17)5-31)15(28)19-8(2-3-11(24)25)14(27)20-9(16(29)30)4-10(18)23/h6-9,12,22,31H,2-5,17H2,1H3,(H2,18,23)(H,19,28)(H,20,27)(H,21,26)(H,24,25)(H,29,30). The Bertz CT molecular complexity index is 703. The minimum atomic E-state index is -1.71. The molecule has 0 heterocycles. The van der Waals surface area contributed by atoms with Crippen LogP contribution in [0.2, 0.25) is 0 Å². The molecule has 0 spiro atoms. The molecule has 0 fully saturated rings. The van der Waals surface area contributed by atoms with Crippen LogP contribution in [0.5, 0.6) is 0 Å². The zero-order valence-corrected chi connectivity index (χ0v) is 17.5. The maximum atomic E-state index is 12.5. The molecule has 0 aromatic rings. The average Bonchev–Trinajstić information content (AvgIpc) is 2.66. The Morgan fingerprint density at radius 1 is 0.935 bits per heavy atom. The molecule has 0 aliphatic heterocycles. The van der Waals surface area contributed by atoms with E-state index in [1.54, 1.807) is 0 Å². The van der Waals surface area contributed by atoms with E-state index in [4.69, 9.17) is 21.7 Å². The molecule has 0 aromatic heterocycles. The first-order valence-electron chi connectivity index (χ1n) is 8.98. The van der Waals surface area contributed by atoms with Crippen LogP contribution in [0, 0.1) is 0 Å². The van der Waals surface area contributed by atoms with E-state index in [1.807, 2.05) is 5.32 Å². The molecule has 31 heavy (non-hydrogen) atoms. The number of aliphatic hydroxyl groups excluding tert-OH is 1. The Hall–Kier alpha value is -2.91. The van der Waals surface area contributed by atoms with Gasteiger partial charge in [0.05, 0.1) is 18.6 Å². The van der Waals surface area contributed by atoms with E-state index < -0.39 is 85.1 Å². The number of hydrogen-bond acceptors (Lipinski definition) is 9. The lowest BCUT2D eigenvalue weighted by molar-refractivity contribution is -0.144. The molecular weight excluding hydrogens is 438 g/mol. The first-order chi connectivity index (χ1) is 14.3. The van der Waals surface area contributed by atoms with Gasteiger partial charge in [-0.25, -0.2) is 4.79 Å². The predicted molar refractivity (Wildman–Crippen MR) is 108 cm³/mol. The van der Waals surface area contributed by atoms with Crippen molar-refractivity contribution in [2.45, 2.75) is 56.5 Å². The van der Waals surface area contributed by atoms with Gasteiger partial charge in [-0.2, -0.15) is 12.6 Å². The van der Waals surface area contributed by atoms with Crippen LogP contribution in [-0.2, 0) is 28.8 Å². The van der Waals surface area contributed by atoms with Crippen LogP contribution in [0.15, 0.2) is 0 Å². The second kappa shape index (κ2) is 13.4. The zero-order chi connectivity index (χ0) is 24.3. The number of nitrogens with two attached hydrogens (primary N) is 2. The van der Waals surface area contributed by atoms with E-state index in [1.165, 1.54) is 6.92 Å². The van der Waals surface area contributed by atoms with Gasteiger partial charge >= 0.3 is 11.9 Å². The molecule has 0 aromatic carbocycles. The number of rotatable bonds is 14.